The van der Waals surface area contributed by atoms with Crippen LogP contribution in [-0.4, -0.2) is 13.1 Å². The van der Waals surface area contributed by atoms with Crippen LogP contribution >= 0.6 is 0 Å². The Morgan fingerprint density at radius 3 is 3.00 bits per heavy atom. The van der Waals surface area contributed by atoms with Crippen molar-refractivity contribution in [2.24, 2.45) is 0 Å². The first kappa shape index (κ1) is 6.46. The molecule has 2 rings (SSSR count). The van der Waals surface area contributed by atoms with Crippen LogP contribution < -0.4 is 10.4 Å². The van der Waals surface area contributed by atoms with Gasteiger partial charge in [-0.25, -0.2) is 5.12 Å². The van der Waals surface area contributed by atoms with Gasteiger partial charge >= 0.3 is 0 Å². The predicted octanol–water partition coefficient (Wildman–Crippen LogP) is 1.80. The summed E-state index contributed by atoms with van der Waals surface area (Å²) >= 11 is 0. The molecular formula is C8H9FN2. The Hall–Kier alpha value is -1.25. The number of hydrogen-bond acceptors (Lipinski definition) is 2. The summed E-state index contributed by atoms with van der Waals surface area (Å²) in [4.78, 5) is 0. The number of benzene rings is 1. The van der Waals surface area contributed by atoms with Gasteiger partial charge in [0.25, 0.3) is 0 Å². The first-order valence-electron chi connectivity index (χ1n) is 3.64. The van der Waals surface area contributed by atoms with E-state index in [1.165, 1.54) is 0 Å². The fraction of sp³-hybridized carbons (Fsp3) is 0.250. The van der Waals surface area contributed by atoms with Gasteiger partial charge in [-0.05, 0) is 12.1 Å². The molecule has 0 unspecified atom stereocenters. The van der Waals surface area contributed by atoms with Crippen LogP contribution in [0.5, 0.6) is 0 Å². The Morgan fingerprint density at radius 1 is 1.36 bits per heavy atom. The van der Waals surface area contributed by atoms with Crippen LogP contribution in [0, 0.1) is 0 Å². The fourth-order valence-corrected chi connectivity index (χ4v) is 1.24. The lowest BCUT2D eigenvalue weighted by Crippen LogP contribution is -2.26. The minimum Gasteiger partial charge on any atom is -0.381 e. The van der Waals surface area contributed by atoms with Crippen molar-refractivity contribution in [1.29, 1.82) is 0 Å². The summed E-state index contributed by atoms with van der Waals surface area (Å²) in [6.07, 6.45) is 0. The van der Waals surface area contributed by atoms with E-state index in [0.717, 1.165) is 10.8 Å². The van der Waals surface area contributed by atoms with Gasteiger partial charge in [0.05, 0.1) is 17.9 Å². The average molecular weight is 152 g/mol. The van der Waals surface area contributed by atoms with E-state index in [0.29, 0.717) is 18.8 Å². The molecule has 0 spiro atoms. The van der Waals surface area contributed by atoms with E-state index < -0.39 is 0 Å². The van der Waals surface area contributed by atoms with Crippen molar-refractivity contribution in [1.82, 2.24) is 0 Å². The smallest absolute Gasteiger partial charge is 0.0919 e. The molecule has 58 valence electrons. The van der Waals surface area contributed by atoms with E-state index >= 15 is 0 Å². The molecule has 0 fully saturated rings. The summed E-state index contributed by atoms with van der Waals surface area (Å²) in [5.41, 5.74) is 1.51. The van der Waals surface area contributed by atoms with E-state index in [-0.39, 0.29) is 0 Å². The highest BCUT2D eigenvalue weighted by molar-refractivity contribution is 5.70. The quantitative estimate of drug-likeness (QED) is 0.570. The van der Waals surface area contributed by atoms with Gasteiger partial charge < -0.3 is 5.32 Å². The van der Waals surface area contributed by atoms with Crippen molar-refractivity contribution < 1.29 is 4.48 Å². The molecule has 1 aromatic rings. The van der Waals surface area contributed by atoms with Crippen LogP contribution in [0.2, 0.25) is 0 Å². The lowest BCUT2D eigenvalue weighted by atomic mass is 10.2. The predicted molar refractivity (Wildman–Crippen MR) is 43.4 cm³/mol. The molecule has 1 aliphatic rings. The van der Waals surface area contributed by atoms with E-state index in [1.54, 1.807) is 6.07 Å². The SMILES string of the molecule is FN1CCNc2ccccc21. The summed E-state index contributed by atoms with van der Waals surface area (Å²) in [5.74, 6) is 0. The normalized spacial score (nSPS) is 15.5. The summed E-state index contributed by atoms with van der Waals surface area (Å²) in [6, 6.07) is 7.37. The van der Waals surface area contributed by atoms with Gasteiger partial charge in [0.1, 0.15) is 0 Å². The molecule has 0 radical (unpaired) electrons. The number of fused-ring (bicyclic) bond motifs is 1. The molecule has 0 saturated carbocycles. The third-order valence-electron chi connectivity index (χ3n) is 1.79. The molecule has 0 aromatic heterocycles. The third kappa shape index (κ3) is 1.02. The third-order valence-corrected chi connectivity index (χ3v) is 1.79. The van der Waals surface area contributed by atoms with Gasteiger partial charge in [-0.3, -0.25) is 0 Å². The van der Waals surface area contributed by atoms with Crippen molar-refractivity contribution in [3.05, 3.63) is 24.3 Å². The summed E-state index contributed by atoms with van der Waals surface area (Å²) in [5, 5.41) is 3.88. The molecule has 0 atom stereocenters. The molecule has 1 N–H and O–H groups in total. The minimum absolute atomic E-state index is 0.428. The highest BCUT2D eigenvalue weighted by Gasteiger charge is 2.13. The Bertz CT molecular complexity index is 262. The number of nitrogens with one attached hydrogen (secondary N) is 1. The van der Waals surface area contributed by atoms with Crippen molar-refractivity contribution >= 4 is 11.4 Å². The Kier molecular flexibility index (Phi) is 1.42. The molecule has 0 bridgehead atoms. The van der Waals surface area contributed by atoms with Crippen molar-refractivity contribution in [3.63, 3.8) is 0 Å². The molecule has 0 aliphatic carbocycles. The van der Waals surface area contributed by atoms with Crippen molar-refractivity contribution in [3.8, 4) is 0 Å². The van der Waals surface area contributed by atoms with Crippen LogP contribution in [0.25, 0.3) is 0 Å². The summed E-state index contributed by atoms with van der Waals surface area (Å²) < 4.78 is 13.0. The molecular weight excluding hydrogens is 143 g/mol. The van der Waals surface area contributed by atoms with Crippen LogP contribution in [0.15, 0.2) is 24.3 Å². The van der Waals surface area contributed by atoms with Gasteiger partial charge in [0, 0.05) is 6.54 Å². The summed E-state index contributed by atoms with van der Waals surface area (Å²) in [7, 11) is 0. The number of para-hydroxylation sites is 2. The van der Waals surface area contributed by atoms with E-state index in [9.17, 15) is 4.48 Å². The molecule has 2 nitrogen and oxygen atoms in total. The zero-order valence-corrected chi connectivity index (χ0v) is 6.05. The Balaban J connectivity index is 2.44. The maximum atomic E-state index is 13.0. The maximum absolute atomic E-state index is 13.0. The van der Waals surface area contributed by atoms with Crippen LogP contribution in [0.1, 0.15) is 0 Å². The van der Waals surface area contributed by atoms with Gasteiger partial charge in [0.15, 0.2) is 0 Å². The number of nitrogens with zero attached hydrogens (tertiary/aromatic N) is 1. The van der Waals surface area contributed by atoms with Gasteiger partial charge in [0.2, 0.25) is 0 Å². The molecule has 1 aliphatic heterocycles. The standard InChI is InChI=1S/C8H9FN2/c9-11-6-5-10-7-3-1-2-4-8(7)11/h1-4,10H,5-6H2. The zero-order valence-electron chi connectivity index (χ0n) is 6.05. The average Bonchev–Trinajstić information content (AvgIpc) is 2.06. The van der Waals surface area contributed by atoms with Gasteiger partial charge in [-0.2, -0.15) is 0 Å². The van der Waals surface area contributed by atoms with Crippen molar-refractivity contribution in [2.75, 3.05) is 23.5 Å². The number of rotatable bonds is 0. The lowest BCUT2D eigenvalue weighted by Gasteiger charge is -2.23. The maximum Gasteiger partial charge on any atom is 0.0919 e. The molecule has 1 heterocycles. The monoisotopic (exact) mass is 152 g/mol. The second-order valence-electron chi connectivity index (χ2n) is 2.53. The second-order valence-corrected chi connectivity index (χ2v) is 2.53. The van der Waals surface area contributed by atoms with Crippen molar-refractivity contribution in [2.45, 2.75) is 0 Å². The van der Waals surface area contributed by atoms with Crippen LogP contribution in [0.3, 0.4) is 0 Å². The lowest BCUT2D eigenvalue weighted by molar-refractivity contribution is 0.436. The molecule has 11 heavy (non-hydrogen) atoms. The minimum atomic E-state index is 0.428. The van der Waals surface area contributed by atoms with E-state index in [2.05, 4.69) is 5.32 Å². The molecule has 3 heteroatoms. The Labute approximate surface area is 64.6 Å². The van der Waals surface area contributed by atoms with Crippen LogP contribution in [-0.2, 0) is 0 Å². The summed E-state index contributed by atoms with van der Waals surface area (Å²) in [6.45, 7) is 1.10. The highest BCUT2D eigenvalue weighted by Crippen LogP contribution is 2.27. The number of halogens is 1. The van der Waals surface area contributed by atoms with Crippen LogP contribution in [0.4, 0.5) is 15.9 Å². The largest absolute Gasteiger partial charge is 0.381 e. The second kappa shape index (κ2) is 2.42. The molecule has 0 amide bonds. The molecule has 0 saturated heterocycles. The van der Waals surface area contributed by atoms with E-state index in [4.69, 9.17) is 0 Å². The fourth-order valence-electron chi connectivity index (χ4n) is 1.24. The highest BCUT2D eigenvalue weighted by atomic mass is 19.2. The van der Waals surface area contributed by atoms with Gasteiger partial charge in [-0.15, -0.1) is 0 Å². The Morgan fingerprint density at radius 2 is 2.18 bits per heavy atom. The first-order chi connectivity index (χ1) is 5.38. The number of anilines is 2. The topological polar surface area (TPSA) is 15.3 Å². The number of hydrogen-bond donors (Lipinski definition) is 1. The zero-order chi connectivity index (χ0) is 7.68. The first-order valence-corrected chi connectivity index (χ1v) is 3.64. The molecule has 1 aromatic carbocycles. The van der Waals surface area contributed by atoms with Gasteiger partial charge in [-0.1, -0.05) is 16.6 Å². The van der Waals surface area contributed by atoms with E-state index in [1.807, 2.05) is 18.2 Å².